The third-order valence-corrected chi connectivity index (χ3v) is 7.08. The van der Waals surface area contributed by atoms with Crippen molar-refractivity contribution < 1.29 is 9.53 Å². The summed E-state index contributed by atoms with van der Waals surface area (Å²) in [6, 6.07) is 8.38. The first-order valence-electron chi connectivity index (χ1n) is 10.6. The van der Waals surface area contributed by atoms with Gasteiger partial charge < -0.3 is 20.4 Å². The summed E-state index contributed by atoms with van der Waals surface area (Å²) in [7, 11) is 0. The average Bonchev–Trinajstić information content (AvgIpc) is 3.41. The third kappa shape index (κ3) is 3.34. The minimum Gasteiger partial charge on any atom is -0.379 e. The zero-order chi connectivity index (χ0) is 19.1. The summed E-state index contributed by atoms with van der Waals surface area (Å²) in [6.07, 6.45) is 5.62. The predicted octanol–water partition coefficient (Wildman–Crippen LogP) is 2.29. The number of ether oxygens (including phenoxy) is 1. The lowest BCUT2D eigenvalue weighted by atomic mass is 9.84. The van der Waals surface area contributed by atoms with Gasteiger partial charge in [-0.2, -0.15) is 0 Å². The highest BCUT2D eigenvalue weighted by molar-refractivity contribution is 5.96. The molecule has 2 bridgehead atoms. The lowest BCUT2D eigenvalue weighted by Crippen LogP contribution is -2.42. The Hall–Kier alpha value is -1.89. The van der Waals surface area contributed by atoms with Crippen LogP contribution in [0, 0.1) is 17.8 Å². The number of carbonyl (C=O) groups is 1. The molecule has 6 nitrogen and oxygen atoms in total. The molecule has 150 valence electrons. The summed E-state index contributed by atoms with van der Waals surface area (Å²) in [6.45, 7) is 5.70. The van der Waals surface area contributed by atoms with Crippen LogP contribution >= 0.6 is 0 Å². The number of hydrogen-bond donors (Lipinski definition) is 2. The van der Waals surface area contributed by atoms with Crippen LogP contribution in [0.25, 0.3) is 10.9 Å². The highest BCUT2D eigenvalue weighted by Crippen LogP contribution is 2.47. The molecule has 2 aliphatic carbocycles. The monoisotopic (exact) mass is 382 g/mol. The molecule has 1 aromatic carbocycles. The van der Waals surface area contributed by atoms with E-state index in [4.69, 9.17) is 10.5 Å². The van der Waals surface area contributed by atoms with E-state index in [1.165, 1.54) is 11.9 Å². The molecule has 1 saturated heterocycles. The Balaban J connectivity index is 1.25. The zero-order valence-electron chi connectivity index (χ0n) is 16.3. The second-order valence-electron chi connectivity index (χ2n) is 8.66. The van der Waals surface area contributed by atoms with Gasteiger partial charge in [0.2, 0.25) is 5.91 Å². The number of nitrogens with two attached hydrogens (primary N) is 1. The van der Waals surface area contributed by atoms with E-state index in [9.17, 15) is 4.79 Å². The molecule has 28 heavy (non-hydrogen) atoms. The summed E-state index contributed by atoms with van der Waals surface area (Å²) in [5.41, 5.74) is 8.42. The summed E-state index contributed by atoms with van der Waals surface area (Å²) in [4.78, 5) is 15.3. The first kappa shape index (κ1) is 18.2. The minimum absolute atomic E-state index is 0.0208. The van der Waals surface area contributed by atoms with Crippen LogP contribution in [0.15, 0.2) is 30.5 Å². The number of nitrogens with zero attached hydrogens (tertiary/aromatic N) is 2. The van der Waals surface area contributed by atoms with Gasteiger partial charge in [0.05, 0.1) is 19.1 Å². The molecule has 3 N–H and O–H groups in total. The molecule has 6 heteroatoms. The molecular formula is C22H30N4O2. The number of fused-ring (bicyclic) bond motifs is 3. The molecule has 0 radical (unpaired) electrons. The van der Waals surface area contributed by atoms with E-state index in [1.54, 1.807) is 0 Å². The Morgan fingerprint density at radius 2 is 1.96 bits per heavy atom. The van der Waals surface area contributed by atoms with Crippen molar-refractivity contribution >= 4 is 22.5 Å². The van der Waals surface area contributed by atoms with E-state index < -0.39 is 0 Å². The second-order valence-corrected chi connectivity index (χ2v) is 8.66. The number of rotatable bonds is 5. The Morgan fingerprint density at radius 3 is 2.75 bits per heavy atom. The molecule has 1 amide bonds. The van der Waals surface area contributed by atoms with Crippen LogP contribution in [0.1, 0.15) is 19.3 Å². The Bertz CT molecular complexity index is 855. The maximum Gasteiger partial charge on any atom is 0.229 e. The van der Waals surface area contributed by atoms with Crippen molar-refractivity contribution in [2.45, 2.75) is 31.8 Å². The molecule has 3 aliphatic rings. The van der Waals surface area contributed by atoms with E-state index in [0.717, 1.165) is 63.3 Å². The van der Waals surface area contributed by atoms with Crippen molar-refractivity contribution in [1.82, 2.24) is 9.47 Å². The molecule has 1 aliphatic heterocycles. The van der Waals surface area contributed by atoms with Gasteiger partial charge in [0.1, 0.15) is 0 Å². The normalized spacial score (nSPS) is 30.2. The minimum atomic E-state index is -0.0208. The lowest BCUT2D eigenvalue weighted by Gasteiger charge is -2.27. The molecule has 0 spiro atoms. The molecule has 2 aromatic rings. The second kappa shape index (κ2) is 7.50. The molecular weight excluding hydrogens is 352 g/mol. The van der Waals surface area contributed by atoms with Gasteiger partial charge in [0, 0.05) is 55.0 Å². The smallest absolute Gasteiger partial charge is 0.229 e. The molecule has 2 heterocycles. The number of amides is 1. The first-order valence-corrected chi connectivity index (χ1v) is 10.6. The number of anilines is 1. The van der Waals surface area contributed by atoms with Crippen LogP contribution in [0.3, 0.4) is 0 Å². The molecule has 4 unspecified atom stereocenters. The van der Waals surface area contributed by atoms with Gasteiger partial charge in [-0.05, 0) is 55.4 Å². The van der Waals surface area contributed by atoms with Crippen LogP contribution in [0.5, 0.6) is 0 Å². The van der Waals surface area contributed by atoms with Crippen LogP contribution in [-0.2, 0) is 16.1 Å². The number of hydrogen-bond acceptors (Lipinski definition) is 4. The summed E-state index contributed by atoms with van der Waals surface area (Å²) in [5.74, 6) is 1.10. The van der Waals surface area contributed by atoms with Crippen molar-refractivity contribution in [3.63, 3.8) is 0 Å². The third-order valence-electron chi connectivity index (χ3n) is 7.08. The summed E-state index contributed by atoms with van der Waals surface area (Å²) < 4.78 is 7.71. The van der Waals surface area contributed by atoms with E-state index in [-0.39, 0.29) is 17.9 Å². The number of benzene rings is 1. The van der Waals surface area contributed by atoms with Gasteiger partial charge in [-0.3, -0.25) is 9.69 Å². The molecule has 2 saturated carbocycles. The summed E-state index contributed by atoms with van der Waals surface area (Å²) >= 11 is 0. The zero-order valence-corrected chi connectivity index (χ0v) is 16.3. The van der Waals surface area contributed by atoms with Crippen molar-refractivity contribution in [1.29, 1.82) is 0 Å². The maximum absolute atomic E-state index is 12.8. The Labute approximate surface area is 166 Å². The number of morpholine rings is 1. The van der Waals surface area contributed by atoms with Crippen molar-refractivity contribution in [3.05, 3.63) is 30.5 Å². The van der Waals surface area contributed by atoms with Gasteiger partial charge in [0.25, 0.3) is 0 Å². The highest BCUT2D eigenvalue weighted by Gasteiger charge is 2.49. The van der Waals surface area contributed by atoms with Crippen LogP contribution in [-0.4, -0.2) is 54.3 Å². The molecule has 3 fully saturated rings. The molecule has 1 aromatic heterocycles. The maximum atomic E-state index is 12.8. The predicted molar refractivity (Wildman–Crippen MR) is 110 cm³/mol. The van der Waals surface area contributed by atoms with E-state index in [0.29, 0.717) is 11.8 Å². The average molecular weight is 383 g/mol. The SMILES string of the molecule is NC1C2CCC(C2)C1C(=O)Nc1ccc2c(ccn2CCN2CCOCC2)c1. The summed E-state index contributed by atoms with van der Waals surface area (Å²) in [5, 5.41) is 4.30. The molecule has 4 atom stereocenters. The Morgan fingerprint density at radius 1 is 1.14 bits per heavy atom. The fourth-order valence-electron chi connectivity index (χ4n) is 5.50. The lowest BCUT2D eigenvalue weighted by molar-refractivity contribution is -0.121. The van der Waals surface area contributed by atoms with Crippen molar-refractivity contribution in [2.75, 3.05) is 38.2 Å². The van der Waals surface area contributed by atoms with Crippen molar-refractivity contribution in [2.24, 2.45) is 23.5 Å². The standard InChI is InChI=1S/C22H30N4O2/c23-21-17-2-1-16(13-17)20(21)22(27)24-18-3-4-19-15(14-18)5-6-26(19)8-7-25-9-11-28-12-10-25/h3-6,14,16-17,20-21H,1-2,7-13,23H2,(H,24,27). The number of nitrogens with one attached hydrogen (secondary N) is 1. The van der Waals surface area contributed by atoms with E-state index >= 15 is 0 Å². The van der Waals surface area contributed by atoms with Gasteiger partial charge in [-0.15, -0.1) is 0 Å². The van der Waals surface area contributed by atoms with Gasteiger partial charge in [-0.25, -0.2) is 0 Å². The first-order chi connectivity index (χ1) is 13.7. The highest BCUT2D eigenvalue weighted by atomic mass is 16.5. The Kier molecular flexibility index (Phi) is 4.87. The van der Waals surface area contributed by atoms with Crippen LogP contribution < -0.4 is 11.1 Å². The topological polar surface area (TPSA) is 72.5 Å². The van der Waals surface area contributed by atoms with Crippen LogP contribution in [0.2, 0.25) is 0 Å². The van der Waals surface area contributed by atoms with E-state index in [2.05, 4.69) is 39.2 Å². The van der Waals surface area contributed by atoms with Gasteiger partial charge >= 0.3 is 0 Å². The van der Waals surface area contributed by atoms with Gasteiger partial charge in [0.15, 0.2) is 0 Å². The van der Waals surface area contributed by atoms with Crippen LogP contribution in [0.4, 0.5) is 5.69 Å². The number of carbonyl (C=O) groups excluding carboxylic acids is 1. The number of aromatic nitrogens is 1. The fraction of sp³-hybridized carbons (Fsp3) is 0.591. The largest absolute Gasteiger partial charge is 0.379 e. The van der Waals surface area contributed by atoms with Gasteiger partial charge in [-0.1, -0.05) is 0 Å². The quantitative estimate of drug-likeness (QED) is 0.832. The fourth-order valence-corrected chi connectivity index (χ4v) is 5.50. The van der Waals surface area contributed by atoms with E-state index in [1.807, 2.05) is 6.07 Å². The molecule has 5 rings (SSSR count). The van der Waals surface area contributed by atoms with Crippen molar-refractivity contribution in [3.8, 4) is 0 Å².